The van der Waals surface area contributed by atoms with Crippen molar-refractivity contribution in [3.8, 4) is 28.4 Å². The number of ether oxygens (including phenoxy) is 1. The van der Waals surface area contributed by atoms with Gasteiger partial charge in [0, 0.05) is 35.0 Å². The molecule has 34 heavy (non-hydrogen) atoms. The van der Waals surface area contributed by atoms with E-state index in [0.29, 0.717) is 18.3 Å². The highest BCUT2D eigenvalue weighted by atomic mass is 16.5. The van der Waals surface area contributed by atoms with E-state index in [9.17, 15) is 4.79 Å². The number of amides is 1. The number of benzene rings is 2. The van der Waals surface area contributed by atoms with Crippen LogP contribution < -0.4 is 10.1 Å². The van der Waals surface area contributed by atoms with Crippen LogP contribution in [-0.2, 0) is 4.79 Å². The summed E-state index contributed by atoms with van der Waals surface area (Å²) in [6.07, 6.45) is 2.63. The van der Waals surface area contributed by atoms with E-state index in [0.717, 1.165) is 34.4 Å². The number of nitrogens with zero attached hydrogens (tertiary/aromatic N) is 4. The van der Waals surface area contributed by atoms with Crippen LogP contribution in [0.3, 0.4) is 0 Å². The van der Waals surface area contributed by atoms with Crippen LogP contribution in [0.4, 0.5) is 5.69 Å². The topological polar surface area (TPSA) is 106 Å². The Labute approximate surface area is 197 Å². The normalized spacial score (nSPS) is 16.8. The number of H-pyrrole nitrogens is 1. The predicted molar refractivity (Wildman–Crippen MR) is 129 cm³/mol. The Bertz CT molecular complexity index is 1320. The number of anilines is 1. The highest BCUT2D eigenvalue weighted by Crippen LogP contribution is 2.48. The molecule has 0 unspecified atom stereocenters. The van der Waals surface area contributed by atoms with Crippen molar-refractivity contribution in [2.24, 2.45) is 5.92 Å². The molecule has 8 heteroatoms. The van der Waals surface area contributed by atoms with Crippen LogP contribution in [0.25, 0.3) is 22.5 Å². The zero-order valence-electron chi connectivity index (χ0n) is 19.4. The Kier molecular flexibility index (Phi) is 5.79. The molecule has 1 fully saturated rings. The van der Waals surface area contributed by atoms with Gasteiger partial charge in [-0.1, -0.05) is 29.8 Å². The van der Waals surface area contributed by atoms with Crippen molar-refractivity contribution in [1.82, 2.24) is 25.6 Å². The fraction of sp³-hybridized carbons (Fsp3) is 0.269. The summed E-state index contributed by atoms with van der Waals surface area (Å²) in [5, 5.41) is 17.5. The van der Waals surface area contributed by atoms with E-state index in [4.69, 9.17) is 4.74 Å². The summed E-state index contributed by atoms with van der Waals surface area (Å²) in [4.78, 5) is 17.5. The van der Waals surface area contributed by atoms with Crippen molar-refractivity contribution in [3.63, 3.8) is 0 Å². The quantitative estimate of drug-likeness (QED) is 0.420. The molecule has 2 aromatic heterocycles. The standard InChI is InChI=1S/C26H26N6O2/c1-4-34-24-9-8-18(14-27-24)19-11-16(3)23(13-21(19)25-29-31-32-30-25)28-26(33)22-12-20(22)17-7-5-6-15(2)10-17/h5-11,13-14,20,22H,4,12H2,1-3H3,(H,28,33)(H,29,30,31,32)/t20-,22+/m0/s1. The van der Waals surface area contributed by atoms with Crippen molar-refractivity contribution >= 4 is 11.6 Å². The number of aryl methyl sites for hydroxylation is 2. The van der Waals surface area contributed by atoms with Crippen LogP contribution in [0.2, 0.25) is 0 Å². The lowest BCUT2D eigenvalue weighted by Crippen LogP contribution is -2.15. The minimum Gasteiger partial charge on any atom is -0.478 e. The van der Waals surface area contributed by atoms with Gasteiger partial charge in [-0.3, -0.25) is 4.79 Å². The summed E-state index contributed by atoms with van der Waals surface area (Å²) in [6.45, 7) is 6.53. The van der Waals surface area contributed by atoms with Gasteiger partial charge in [0.2, 0.25) is 11.8 Å². The Morgan fingerprint density at radius 1 is 1.15 bits per heavy atom. The van der Waals surface area contributed by atoms with E-state index < -0.39 is 0 Å². The molecule has 1 aliphatic rings. The molecule has 5 rings (SSSR count). The van der Waals surface area contributed by atoms with Gasteiger partial charge in [0.25, 0.3) is 0 Å². The molecule has 0 saturated heterocycles. The molecule has 0 aliphatic heterocycles. The van der Waals surface area contributed by atoms with Crippen molar-refractivity contribution < 1.29 is 9.53 Å². The first-order valence-corrected chi connectivity index (χ1v) is 11.4. The smallest absolute Gasteiger partial charge is 0.228 e. The summed E-state index contributed by atoms with van der Waals surface area (Å²) in [5.74, 6) is 1.37. The minimum absolute atomic E-state index is 0.0217. The molecule has 2 aromatic carbocycles. The van der Waals surface area contributed by atoms with Crippen LogP contribution >= 0.6 is 0 Å². The molecule has 172 valence electrons. The number of nitrogens with one attached hydrogen (secondary N) is 2. The van der Waals surface area contributed by atoms with Crippen molar-refractivity contribution in [1.29, 1.82) is 0 Å². The Hall–Kier alpha value is -4.07. The van der Waals surface area contributed by atoms with E-state index in [-0.39, 0.29) is 17.7 Å². The van der Waals surface area contributed by atoms with Gasteiger partial charge in [-0.15, -0.1) is 5.10 Å². The van der Waals surface area contributed by atoms with Gasteiger partial charge in [0.1, 0.15) is 0 Å². The number of aromatic nitrogens is 5. The summed E-state index contributed by atoms with van der Waals surface area (Å²) < 4.78 is 5.46. The number of rotatable bonds is 7. The number of aromatic amines is 1. The second-order valence-electron chi connectivity index (χ2n) is 8.63. The number of carbonyl (C=O) groups excluding carboxylic acids is 1. The zero-order chi connectivity index (χ0) is 23.7. The summed E-state index contributed by atoms with van der Waals surface area (Å²) in [5.41, 5.74) is 6.72. The third kappa shape index (κ3) is 4.39. The lowest BCUT2D eigenvalue weighted by Gasteiger charge is -2.15. The first kappa shape index (κ1) is 21.8. The maximum atomic E-state index is 13.1. The molecule has 2 heterocycles. The fourth-order valence-electron chi connectivity index (χ4n) is 4.30. The maximum absolute atomic E-state index is 13.1. The molecular formula is C26H26N6O2. The second kappa shape index (κ2) is 9.05. The SMILES string of the molecule is CCOc1ccc(-c2cc(C)c(NC(=O)[C@@H]3C[C@H]3c3cccc(C)c3)cc2-c2nnn[nH]2)cn1. The first-order valence-electron chi connectivity index (χ1n) is 11.4. The monoisotopic (exact) mass is 454 g/mol. The number of pyridine rings is 1. The number of hydrogen-bond acceptors (Lipinski definition) is 6. The molecular weight excluding hydrogens is 428 g/mol. The lowest BCUT2D eigenvalue weighted by atomic mass is 9.96. The molecule has 1 aliphatic carbocycles. The minimum atomic E-state index is -0.0217. The molecule has 2 N–H and O–H groups in total. The van der Waals surface area contributed by atoms with Crippen LogP contribution in [0.5, 0.6) is 5.88 Å². The zero-order valence-corrected chi connectivity index (χ0v) is 19.4. The average molecular weight is 455 g/mol. The maximum Gasteiger partial charge on any atom is 0.228 e. The largest absolute Gasteiger partial charge is 0.478 e. The number of carbonyl (C=O) groups is 1. The highest BCUT2D eigenvalue weighted by molar-refractivity contribution is 5.97. The predicted octanol–water partition coefficient (Wildman–Crippen LogP) is 4.69. The highest BCUT2D eigenvalue weighted by Gasteiger charge is 2.44. The van der Waals surface area contributed by atoms with Gasteiger partial charge in [-0.05, 0) is 78.4 Å². The Balaban J connectivity index is 1.42. The Morgan fingerprint density at radius 3 is 2.74 bits per heavy atom. The molecule has 0 bridgehead atoms. The molecule has 4 aromatic rings. The summed E-state index contributed by atoms with van der Waals surface area (Å²) in [6, 6.07) is 16.1. The van der Waals surface area contributed by atoms with Gasteiger partial charge in [-0.2, -0.15) is 0 Å². The molecule has 8 nitrogen and oxygen atoms in total. The molecule has 0 radical (unpaired) electrons. The van der Waals surface area contributed by atoms with Crippen LogP contribution in [0, 0.1) is 19.8 Å². The van der Waals surface area contributed by atoms with Crippen molar-refractivity contribution in [3.05, 3.63) is 71.4 Å². The van der Waals surface area contributed by atoms with E-state index in [2.05, 4.69) is 56.0 Å². The lowest BCUT2D eigenvalue weighted by molar-refractivity contribution is -0.117. The molecule has 1 saturated carbocycles. The van der Waals surface area contributed by atoms with E-state index >= 15 is 0 Å². The van der Waals surface area contributed by atoms with Gasteiger partial charge < -0.3 is 10.1 Å². The number of tetrazole rings is 1. The van der Waals surface area contributed by atoms with E-state index in [1.54, 1.807) is 6.20 Å². The first-order chi connectivity index (χ1) is 16.5. The Morgan fingerprint density at radius 2 is 2.03 bits per heavy atom. The summed E-state index contributed by atoms with van der Waals surface area (Å²) >= 11 is 0. The molecule has 1 amide bonds. The van der Waals surface area contributed by atoms with Gasteiger partial charge in [0.05, 0.1) is 6.61 Å². The van der Waals surface area contributed by atoms with Crippen molar-refractivity contribution in [2.45, 2.75) is 33.1 Å². The van der Waals surface area contributed by atoms with E-state index in [1.165, 1.54) is 11.1 Å². The van der Waals surface area contributed by atoms with Crippen LogP contribution in [0.15, 0.2) is 54.7 Å². The van der Waals surface area contributed by atoms with Crippen LogP contribution in [-0.4, -0.2) is 38.1 Å². The molecule has 2 atom stereocenters. The molecule has 0 spiro atoms. The average Bonchev–Trinajstić information content (AvgIpc) is 3.46. The third-order valence-corrected chi connectivity index (χ3v) is 6.16. The van der Waals surface area contributed by atoms with E-state index in [1.807, 2.05) is 44.2 Å². The summed E-state index contributed by atoms with van der Waals surface area (Å²) in [7, 11) is 0. The number of hydrogen-bond donors (Lipinski definition) is 2. The van der Waals surface area contributed by atoms with Gasteiger partial charge >= 0.3 is 0 Å². The third-order valence-electron chi connectivity index (χ3n) is 6.16. The second-order valence-corrected chi connectivity index (χ2v) is 8.63. The van der Waals surface area contributed by atoms with Crippen molar-refractivity contribution in [2.75, 3.05) is 11.9 Å². The van der Waals surface area contributed by atoms with Crippen LogP contribution in [0.1, 0.15) is 36.0 Å². The van der Waals surface area contributed by atoms with Gasteiger partial charge in [-0.25, -0.2) is 10.1 Å². The fourth-order valence-corrected chi connectivity index (χ4v) is 4.30. The van der Waals surface area contributed by atoms with Gasteiger partial charge in [0.15, 0.2) is 5.82 Å².